The highest BCUT2D eigenvalue weighted by Crippen LogP contribution is 2.48. The average Bonchev–Trinajstić information content (AvgIpc) is 3.06. The van der Waals surface area contributed by atoms with Crippen molar-refractivity contribution in [2.24, 2.45) is 5.92 Å². The second kappa shape index (κ2) is 18.7. The molecular weight excluding hydrogens is 649 g/mol. The van der Waals surface area contributed by atoms with Crippen molar-refractivity contribution in [2.45, 2.75) is 122 Å². The van der Waals surface area contributed by atoms with Gasteiger partial charge in [0, 0.05) is 52.0 Å². The largest absolute Gasteiger partial charge is 0.420 e. The number of unbranched alkanes of at least 4 members (excludes halogenated alkanes) is 12. The number of ether oxygens (including phenoxy) is 2. The molecule has 0 radical (unpaired) electrons. The lowest BCUT2D eigenvalue weighted by molar-refractivity contribution is -0.134. The molecule has 1 aliphatic heterocycles. The molecule has 0 bridgehead atoms. The Morgan fingerprint density at radius 3 is 2.20 bits per heavy atom. The van der Waals surface area contributed by atoms with Gasteiger partial charge in [-0.1, -0.05) is 108 Å². The summed E-state index contributed by atoms with van der Waals surface area (Å²) in [6.07, 6.45) is 18.0. The molecule has 1 aliphatic carbocycles. The third-order valence-corrected chi connectivity index (χ3v) is 10.2. The Balaban J connectivity index is 1.43. The molecule has 2 heterocycles. The Bertz CT molecular complexity index is 1510. The number of pyridine rings is 1. The Kier molecular flexibility index (Phi) is 14.7. The van der Waals surface area contributed by atoms with Crippen LogP contribution in [0.1, 0.15) is 136 Å². The Hall–Kier alpha value is -3.24. The maximum atomic E-state index is 14.5. The molecule has 1 saturated carbocycles. The van der Waals surface area contributed by atoms with Crippen molar-refractivity contribution < 1.29 is 28.2 Å². The number of rotatable bonds is 20. The van der Waals surface area contributed by atoms with E-state index < -0.39 is 40.3 Å². The molecule has 1 aromatic heterocycles. The molecule has 0 unspecified atom stereocenters. The summed E-state index contributed by atoms with van der Waals surface area (Å²) in [7, 11) is 3.29. The van der Waals surface area contributed by atoms with Gasteiger partial charge in [-0.15, -0.1) is 0 Å². The molecule has 11 heteroatoms. The Morgan fingerprint density at radius 1 is 0.980 bits per heavy atom. The first-order valence-corrected chi connectivity index (χ1v) is 18.5. The lowest BCUT2D eigenvalue weighted by atomic mass is 9.67. The van der Waals surface area contributed by atoms with Crippen LogP contribution < -0.4 is 15.5 Å². The molecule has 0 atom stereocenters. The number of nitrogens with zero attached hydrogens (tertiary/aromatic N) is 2. The zero-order chi connectivity index (χ0) is 35.4. The van der Waals surface area contributed by atoms with Crippen molar-refractivity contribution >= 4 is 29.4 Å². The van der Waals surface area contributed by atoms with E-state index in [0.29, 0.717) is 32.4 Å². The number of fused-ring (bicyclic) bond motifs is 2. The number of amides is 2. The molecule has 2 amide bonds. The molecule has 2 aliphatic rings. The summed E-state index contributed by atoms with van der Waals surface area (Å²) in [5.74, 6) is -2.74. The third kappa shape index (κ3) is 9.94. The lowest BCUT2D eigenvalue weighted by Gasteiger charge is -2.54. The number of likely N-dealkylation sites (N-methyl/N-ethyl adjacent to an activating group) is 1. The predicted molar refractivity (Wildman–Crippen MR) is 189 cm³/mol. The first kappa shape index (κ1) is 38.6. The normalized spacial score (nSPS) is 18.3. The summed E-state index contributed by atoms with van der Waals surface area (Å²) < 4.78 is 27.2. The standard InChI is InChI=1S/C38H53ClFN3O6/c1-4-5-6-7-8-9-10-11-12-13-14-15-16-20-31(44)49-35-33-37(47)42(2)26-38(21-27(22-38)25-48-3)43(33)24-29(34(35)45)36(46)41-23-28-18-17-19-30(39)32(28)40/h17-19,24,27H,4-16,20-23,25-26H2,1-3H3,(H,41,46). The lowest BCUT2D eigenvalue weighted by Crippen LogP contribution is -2.60. The molecule has 270 valence electrons. The van der Waals surface area contributed by atoms with E-state index >= 15 is 0 Å². The fourth-order valence-electron chi connectivity index (χ4n) is 7.29. The smallest absolute Gasteiger partial charge is 0.311 e. The molecule has 1 aromatic carbocycles. The van der Waals surface area contributed by atoms with E-state index in [4.69, 9.17) is 21.1 Å². The van der Waals surface area contributed by atoms with Gasteiger partial charge < -0.3 is 24.3 Å². The number of hydrogen-bond acceptors (Lipinski definition) is 6. The minimum atomic E-state index is -0.861. The molecule has 9 nitrogen and oxygen atoms in total. The van der Waals surface area contributed by atoms with Gasteiger partial charge in [-0.3, -0.25) is 19.2 Å². The fourth-order valence-corrected chi connectivity index (χ4v) is 7.49. The summed E-state index contributed by atoms with van der Waals surface area (Å²) in [4.78, 5) is 55.5. The molecule has 0 saturated heterocycles. The Morgan fingerprint density at radius 2 is 1.59 bits per heavy atom. The van der Waals surface area contributed by atoms with E-state index in [9.17, 15) is 23.6 Å². The van der Waals surface area contributed by atoms with Crippen LogP contribution in [0.3, 0.4) is 0 Å². The highest BCUT2D eigenvalue weighted by Gasteiger charge is 2.52. The SMILES string of the molecule is CCCCCCCCCCCCCCCC(=O)Oc1c2n(cc(C(=O)NCc3cccc(Cl)c3F)c1=O)C1(CC(COC)C1)CN(C)C2=O. The van der Waals surface area contributed by atoms with E-state index in [2.05, 4.69) is 12.2 Å². The molecule has 2 aromatic rings. The number of carbonyl (C=O) groups is 3. The van der Waals surface area contributed by atoms with Crippen LogP contribution in [0, 0.1) is 11.7 Å². The van der Waals surface area contributed by atoms with E-state index in [1.165, 1.54) is 81.0 Å². The molecule has 1 N–H and O–H groups in total. The zero-order valence-corrected chi connectivity index (χ0v) is 30.2. The van der Waals surface area contributed by atoms with Crippen molar-refractivity contribution in [1.82, 2.24) is 14.8 Å². The van der Waals surface area contributed by atoms with Crippen LogP contribution in [0.4, 0.5) is 4.39 Å². The number of esters is 1. The molecule has 1 spiro atoms. The highest BCUT2D eigenvalue weighted by molar-refractivity contribution is 6.30. The summed E-state index contributed by atoms with van der Waals surface area (Å²) in [6, 6.07) is 4.45. The van der Waals surface area contributed by atoms with Gasteiger partial charge in [0.25, 0.3) is 11.8 Å². The maximum Gasteiger partial charge on any atom is 0.311 e. The number of hydrogen-bond donors (Lipinski definition) is 1. The number of halogens is 2. The van der Waals surface area contributed by atoms with Crippen molar-refractivity contribution in [3.8, 4) is 5.75 Å². The van der Waals surface area contributed by atoms with E-state index in [1.54, 1.807) is 24.8 Å². The second-order valence-corrected chi connectivity index (χ2v) is 14.3. The number of methoxy groups -OCH3 is 1. The molecular formula is C38H53ClFN3O6. The molecule has 4 rings (SSSR count). The van der Waals surface area contributed by atoms with Crippen LogP contribution in [0.25, 0.3) is 0 Å². The molecule has 49 heavy (non-hydrogen) atoms. The van der Waals surface area contributed by atoms with Crippen LogP contribution in [0.2, 0.25) is 5.02 Å². The number of nitrogens with one attached hydrogen (secondary N) is 1. The van der Waals surface area contributed by atoms with Crippen LogP contribution in [-0.2, 0) is 21.6 Å². The van der Waals surface area contributed by atoms with Crippen LogP contribution >= 0.6 is 11.6 Å². The van der Waals surface area contributed by atoms with Crippen molar-refractivity contribution in [3.05, 3.63) is 62.3 Å². The average molecular weight is 702 g/mol. The summed E-state index contributed by atoms with van der Waals surface area (Å²) in [6.45, 7) is 2.92. The predicted octanol–water partition coefficient (Wildman–Crippen LogP) is 7.79. The van der Waals surface area contributed by atoms with Crippen LogP contribution in [0.15, 0.2) is 29.2 Å². The van der Waals surface area contributed by atoms with Crippen molar-refractivity contribution in [3.63, 3.8) is 0 Å². The van der Waals surface area contributed by atoms with Crippen molar-refractivity contribution in [1.29, 1.82) is 0 Å². The van der Waals surface area contributed by atoms with Gasteiger partial charge in [-0.05, 0) is 31.2 Å². The first-order valence-electron chi connectivity index (χ1n) is 18.1. The summed E-state index contributed by atoms with van der Waals surface area (Å²) in [5.41, 5.74) is -1.63. The third-order valence-electron chi connectivity index (χ3n) is 9.91. The van der Waals surface area contributed by atoms with Gasteiger partial charge in [0.15, 0.2) is 5.69 Å². The van der Waals surface area contributed by atoms with E-state index in [0.717, 1.165) is 19.3 Å². The number of benzene rings is 1. The number of carbonyl (C=O) groups excluding carboxylic acids is 3. The second-order valence-electron chi connectivity index (χ2n) is 13.9. The van der Waals surface area contributed by atoms with Crippen LogP contribution in [0.5, 0.6) is 5.75 Å². The minimum absolute atomic E-state index is 0.0363. The van der Waals surface area contributed by atoms with Gasteiger partial charge in [-0.25, -0.2) is 4.39 Å². The Labute approximate surface area is 294 Å². The van der Waals surface area contributed by atoms with Gasteiger partial charge in [0.05, 0.1) is 10.6 Å². The minimum Gasteiger partial charge on any atom is -0.420 e. The van der Waals surface area contributed by atoms with E-state index in [-0.39, 0.29) is 40.7 Å². The summed E-state index contributed by atoms with van der Waals surface area (Å²) >= 11 is 5.90. The maximum absolute atomic E-state index is 14.5. The topological polar surface area (TPSA) is 107 Å². The quantitative estimate of drug-likeness (QED) is 0.112. The highest BCUT2D eigenvalue weighted by atomic mass is 35.5. The molecule has 1 fully saturated rings. The fraction of sp³-hybridized carbons (Fsp3) is 0.632. The van der Waals surface area contributed by atoms with Gasteiger partial charge >= 0.3 is 5.97 Å². The monoisotopic (exact) mass is 701 g/mol. The van der Waals surface area contributed by atoms with Crippen LogP contribution in [-0.4, -0.2) is 54.6 Å². The van der Waals surface area contributed by atoms with Crippen molar-refractivity contribution in [2.75, 3.05) is 27.3 Å². The van der Waals surface area contributed by atoms with Gasteiger partial charge in [-0.2, -0.15) is 0 Å². The first-order chi connectivity index (χ1) is 23.6. The summed E-state index contributed by atoms with van der Waals surface area (Å²) in [5, 5.41) is 2.51. The zero-order valence-electron chi connectivity index (χ0n) is 29.4. The van der Waals surface area contributed by atoms with Gasteiger partial charge in [0.1, 0.15) is 11.4 Å². The van der Waals surface area contributed by atoms with Gasteiger partial charge in [0.2, 0.25) is 11.2 Å². The van der Waals surface area contributed by atoms with E-state index in [1.807, 2.05) is 0 Å². The number of aromatic nitrogens is 1.